The van der Waals surface area contributed by atoms with Gasteiger partial charge in [-0.1, -0.05) is 24.3 Å². The molecule has 190 valence electrons. The molecule has 36 heavy (non-hydrogen) atoms. The highest BCUT2D eigenvalue weighted by molar-refractivity contribution is 6.09. The minimum absolute atomic E-state index is 0.0605. The van der Waals surface area contributed by atoms with Gasteiger partial charge in [-0.05, 0) is 60.5 Å². The Morgan fingerprint density at radius 1 is 0.750 bits per heavy atom. The molecule has 0 saturated carbocycles. The van der Waals surface area contributed by atoms with E-state index in [4.69, 9.17) is 18.9 Å². The second-order valence-electron chi connectivity index (χ2n) is 7.29. The average molecular weight is 494 g/mol. The van der Waals surface area contributed by atoms with Crippen LogP contribution in [0.4, 0.5) is 0 Å². The number of rotatable bonds is 12. The largest absolute Gasteiger partial charge is 0.507 e. The summed E-state index contributed by atoms with van der Waals surface area (Å²) in [6.07, 6.45) is 8.35. The van der Waals surface area contributed by atoms with Gasteiger partial charge in [-0.15, -0.1) is 0 Å². The van der Waals surface area contributed by atoms with E-state index in [2.05, 4.69) is 5.32 Å². The van der Waals surface area contributed by atoms with Gasteiger partial charge in [0.2, 0.25) is 5.91 Å². The number of carbonyl (C=O) groups excluding carboxylic acids is 2. The van der Waals surface area contributed by atoms with Crippen molar-refractivity contribution in [3.8, 4) is 23.0 Å². The molecule has 0 bridgehead atoms. The molecule has 0 atom stereocenters. The van der Waals surface area contributed by atoms with Gasteiger partial charge in [-0.3, -0.25) is 9.59 Å². The van der Waals surface area contributed by atoms with Gasteiger partial charge < -0.3 is 29.4 Å². The highest BCUT2D eigenvalue weighted by Gasteiger charge is 2.10. The van der Waals surface area contributed by atoms with Gasteiger partial charge in [-0.25, -0.2) is 0 Å². The molecule has 0 aliphatic heterocycles. The zero-order valence-corrected chi connectivity index (χ0v) is 21.0. The fraction of sp³-hybridized carbons (Fsp3) is 0.214. The maximum atomic E-state index is 13.0. The molecule has 0 aliphatic rings. The number of aliphatic hydroxyl groups is 1. The Morgan fingerprint density at radius 3 is 1.72 bits per heavy atom. The molecule has 0 spiro atoms. The topological polar surface area (TPSA) is 103 Å². The van der Waals surface area contributed by atoms with Gasteiger partial charge in [0.1, 0.15) is 5.76 Å². The fourth-order valence-electron chi connectivity index (χ4n) is 3.13. The van der Waals surface area contributed by atoms with Crippen molar-refractivity contribution >= 4 is 23.8 Å². The smallest absolute Gasteiger partial charge is 0.243 e. The third kappa shape index (κ3) is 7.80. The van der Waals surface area contributed by atoms with E-state index in [0.717, 1.165) is 0 Å². The Balaban J connectivity index is 2.39. The molecular formula is C28H31NO7. The average Bonchev–Trinajstić information content (AvgIpc) is 2.90. The summed E-state index contributed by atoms with van der Waals surface area (Å²) in [5, 5.41) is 13.3. The van der Waals surface area contributed by atoms with Gasteiger partial charge in [0.15, 0.2) is 28.8 Å². The van der Waals surface area contributed by atoms with Gasteiger partial charge in [-0.2, -0.15) is 0 Å². The Kier molecular flexibility index (Phi) is 10.8. The van der Waals surface area contributed by atoms with E-state index in [1.165, 1.54) is 52.7 Å². The molecule has 0 saturated heterocycles. The van der Waals surface area contributed by atoms with Crippen molar-refractivity contribution in [1.29, 1.82) is 0 Å². The lowest BCUT2D eigenvalue weighted by Gasteiger charge is -2.08. The van der Waals surface area contributed by atoms with Crippen LogP contribution in [0, 0.1) is 0 Å². The van der Waals surface area contributed by atoms with Gasteiger partial charge >= 0.3 is 0 Å². The Labute approximate surface area is 211 Å². The van der Waals surface area contributed by atoms with E-state index in [1.54, 1.807) is 55.5 Å². The van der Waals surface area contributed by atoms with Crippen molar-refractivity contribution in [3.63, 3.8) is 0 Å². The maximum Gasteiger partial charge on any atom is 0.243 e. The summed E-state index contributed by atoms with van der Waals surface area (Å²) in [6, 6.07) is 10.4. The van der Waals surface area contributed by atoms with Crippen molar-refractivity contribution in [1.82, 2.24) is 5.32 Å². The van der Waals surface area contributed by atoms with Crippen molar-refractivity contribution in [3.05, 3.63) is 83.2 Å². The number of amides is 1. The summed E-state index contributed by atoms with van der Waals surface area (Å²) in [7, 11) is 6.12. The van der Waals surface area contributed by atoms with Crippen LogP contribution in [-0.2, 0) is 9.59 Å². The summed E-state index contributed by atoms with van der Waals surface area (Å²) in [6.45, 7) is 2.21. The minimum Gasteiger partial charge on any atom is -0.507 e. The highest BCUT2D eigenvalue weighted by atomic mass is 16.5. The third-order valence-corrected chi connectivity index (χ3v) is 4.97. The van der Waals surface area contributed by atoms with Crippen LogP contribution in [0.1, 0.15) is 18.1 Å². The first-order valence-corrected chi connectivity index (χ1v) is 11.1. The number of benzene rings is 2. The monoisotopic (exact) mass is 493 g/mol. The number of aliphatic hydroxyl groups excluding tert-OH is 1. The molecule has 0 radical (unpaired) electrons. The molecule has 2 N–H and O–H groups in total. The Morgan fingerprint density at radius 2 is 1.25 bits per heavy atom. The second kappa shape index (κ2) is 14.1. The molecule has 0 unspecified atom stereocenters. The first kappa shape index (κ1) is 27.8. The minimum atomic E-state index is -0.500. The van der Waals surface area contributed by atoms with E-state index in [1.807, 2.05) is 0 Å². The van der Waals surface area contributed by atoms with Crippen molar-refractivity contribution in [2.45, 2.75) is 6.92 Å². The summed E-state index contributed by atoms with van der Waals surface area (Å²) >= 11 is 0. The van der Waals surface area contributed by atoms with E-state index < -0.39 is 5.78 Å². The molecule has 2 aromatic rings. The van der Waals surface area contributed by atoms with Gasteiger partial charge in [0.05, 0.1) is 34.0 Å². The Hall–Kier alpha value is -4.46. The number of ketones is 1. The van der Waals surface area contributed by atoms with Gasteiger partial charge in [0.25, 0.3) is 0 Å². The zero-order valence-electron chi connectivity index (χ0n) is 21.0. The molecular weight excluding hydrogens is 462 g/mol. The van der Waals surface area contributed by atoms with E-state index in [-0.39, 0.29) is 17.2 Å². The van der Waals surface area contributed by atoms with Crippen LogP contribution in [0.15, 0.2) is 72.0 Å². The number of carbonyl (C=O) groups is 2. The zero-order chi connectivity index (χ0) is 26.5. The quantitative estimate of drug-likeness (QED) is 0.255. The highest BCUT2D eigenvalue weighted by Crippen LogP contribution is 2.29. The third-order valence-electron chi connectivity index (χ3n) is 4.97. The van der Waals surface area contributed by atoms with Crippen molar-refractivity contribution in [2.24, 2.45) is 0 Å². The molecule has 0 aromatic heterocycles. The fourth-order valence-corrected chi connectivity index (χ4v) is 3.13. The van der Waals surface area contributed by atoms with Crippen LogP contribution in [0.2, 0.25) is 0 Å². The normalized spacial score (nSPS) is 12.0. The molecule has 8 nitrogen and oxygen atoms in total. The number of methoxy groups -OCH3 is 4. The summed E-state index contributed by atoms with van der Waals surface area (Å²) in [5.74, 6) is 0.961. The predicted molar refractivity (Wildman–Crippen MR) is 140 cm³/mol. The Bertz CT molecular complexity index is 1190. The molecule has 2 rings (SSSR count). The summed E-state index contributed by atoms with van der Waals surface area (Å²) in [4.78, 5) is 24.9. The summed E-state index contributed by atoms with van der Waals surface area (Å²) < 4.78 is 21.0. The number of allylic oxidation sites excluding steroid dienone is 4. The number of ether oxygens (including phenoxy) is 4. The van der Waals surface area contributed by atoms with Crippen LogP contribution in [0.25, 0.3) is 12.2 Å². The van der Waals surface area contributed by atoms with Crippen molar-refractivity contribution in [2.75, 3.05) is 35.0 Å². The van der Waals surface area contributed by atoms with Gasteiger partial charge in [0, 0.05) is 12.6 Å². The number of nitrogens with one attached hydrogen (secondary N) is 1. The standard InChI is InChI=1S/C28H31NO7/c1-6-29-28(32)16-11-21(22(30)12-7-19-9-14-24(33-2)26(17-19)35-4)23(31)13-8-20-10-15-25(34-3)27(18-20)36-5/h7-18,30H,6H2,1-5H3,(H,29,32)/b12-7+,13-8+,16-11+,22-21-. The van der Waals surface area contributed by atoms with Crippen LogP contribution in [0.5, 0.6) is 23.0 Å². The SMILES string of the molecule is CCNC(=O)/C=C/C(C(=O)/C=C/c1ccc(OC)c(OC)c1)=C(O)\C=C\c1ccc(OC)c(OC)c1. The van der Waals surface area contributed by atoms with Crippen LogP contribution in [0.3, 0.4) is 0 Å². The molecule has 0 aliphatic carbocycles. The first-order chi connectivity index (χ1) is 17.4. The van der Waals surface area contributed by atoms with Crippen molar-refractivity contribution < 1.29 is 33.6 Å². The van der Waals surface area contributed by atoms with Crippen LogP contribution < -0.4 is 24.3 Å². The number of hydrogen-bond acceptors (Lipinski definition) is 7. The molecule has 1 amide bonds. The molecule has 2 aromatic carbocycles. The number of likely N-dealkylation sites (N-methyl/N-ethyl adjacent to an activating group) is 1. The van der Waals surface area contributed by atoms with E-state index >= 15 is 0 Å². The first-order valence-electron chi connectivity index (χ1n) is 11.1. The molecule has 0 heterocycles. The molecule has 0 fully saturated rings. The lowest BCUT2D eigenvalue weighted by atomic mass is 10.1. The predicted octanol–water partition coefficient (Wildman–Crippen LogP) is 4.52. The van der Waals surface area contributed by atoms with E-state index in [9.17, 15) is 14.7 Å². The van der Waals surface area contributed by atoms with Crippen LogP contribution >= 0.6 is 0 Å². The lowest BCUT2D eigenvalue weighted by Crippen LogP contribution is -2.20. The van der Waals surface area contributed by atoms with E-state index in [0.29, 0.717) is 40.7 Å². The maximum absolute atomic E-state index is 13.0. The molecule has 8 heteroatoms. The lowest BCUT2D eigenvalue weighted by molar-refractivity contribution is -0.116. The summed E-state index contributed by atoms with van der Waals surface area (Å²) in [5.41, 5.74) is 1.34. The second-order valence-corrected chi connectivity index (χ2v) is 7.29. The number of hydrogen-bond donors (Lipinski definition) is 2. The van der Waals surface area contributed by atoms with Crippen LogP contribution in [-0.4, -0.2) is 51.8 Å².